The molecule has 2 aliphatic heterocycles. The van der Waals surface area contributed by atoms with Crippen LogP contribution in [0.25, 0.3) is 5.76 Å². The number of ketones is 1. The Hall–Kier alpha value is -2.84. The lowest BCUT2D eigenvalue weighted by Crippen LogP contribution is -2.31. The Balaban J connectivity index is 1.69. The van der Waals surface area contributed by atoms with Crippen molar-refractivity contribution in [3.8, 4) is 11.5 Å². The number of aliphatic hydroxyl groups excluding tert-OH is 1. The summed E-state index contributed by atoms with van der Waals surface area (Å²) < 4.78 is 16.2. The molecule has 1 fully saturated rings. The molecule has 0 spiro atoms. The van der Waals surface area contributed by atoms with Gasteiger partial charge in [0.15, 0.2) is 11.5 Å². The molecule has 7 nitrogen and oxygen atoms in total. The summed E-state index contributed by atoms with van der Waals surface area (Å²) in [7, 11) is 0. The lowest BCUT2D eigenvalue weighted by Gasteiger charge is -2.24. The molecule has 8 heteroatoms. The van der Waals surface area contributed by atoms with Crippen LogP contribution in [0.5, 0.6) is 11.5 Å². The molecule has 0 bridgehead atoms. The molecule has 0 radical (unpaired) electrons. The number of nitrogens with zero attached hydrogens (tertiary/aromatic N) is 1. The average molecular weight is 429 g/mol. The number of hydrogen-bond acceptors (Lipinski definition) is 7. The van der Waals surface area contributed by atoms with Crippen molar-refractivity contribution in [1.29, 1.82) is 0 Å². The van der Waals surface area contributed by atoms with Gasteiger partial charge in [-0.2, -0.15) is 0 Å². The Morgan fingerprint density at radius 1 is 1.27 bits per heavy atom. The van der Waals surface area contributed by atoms with Gasteiger partial charge < -0.3 is 24.2 Å². The monoisotopic (exact) mass is 429 g/mol. The zero-order chi connectivity index (χ0) is 21.3. The van der Waals surface area contributed by atoms with Crippen LogP contribution in [0.1, 0.15) is 36.8 Å². The normalized spacial score (nSPS) is 19.8. The Bertz CT molecular complexity index is 982. The predicted molar refractivity (Wildman–Crippen MR) is 112 cm³/mol. The van der Waals surface area contributed by atoms with Gasteiger partial charge in [-0.15, -0.1) is 11.3 Å². The Morgan fingerprint density at radius 2 is 2.07 bits per heavy atom. The molecule has 1 aromatic heterocycles. The van der Waals surface area contributed by atoms with E-state index >= 15 is 0 Å². The fourth-order valence-corrected chi connectivity index (χ4v) is 4.45. The fourth-order valence-electron chi connectivity index (χ4n) is 3.61. The van der Waals surface area contributed by atoms with Crippen molar-refractivity contribution in [2.24, 2.45) is 0 Å². The number of rotatable bonds is 7. The highest BCUT2D eigenvalue weighted by Crippen LogP contribution is 2.42. The van der Waals surface area contributed by atoms with E-state index in [4.69, 9.17) is 14.2 Å². The van der Waals surface area contributed by atoms with Crippen molar-refractivity contribution in [3.63, 3.8) is 0 Å². The van der Waals surface area contributed by atoms with Crippen LogP contribution in [0.2, 0.25) is 0 Å². The maximum Gasteiger partial charge on any atom is 0.295 e. The van der Waals surface area contributed by atoms with E-state index in [0.29, 0.717) is 36.6 Å². The van der Waals surface area contributed by atoms with Crippen molar-refractivity contribution in [1.82, 2.24) is 4.90 Å². The summed E-state index contributed by atoms with van der Waals surface area (Å²) in [6.45, 7) is 4.85. The molecule has 0 saturated carbocycles. The Kier molecular flexibility index (Phi) is 5.78. The van der Waals surface area contributed by atoms with Crippen LogP contribution in [-0.2, 0) is 14.3 Å². The molecule has 158 valence electrons. The minimum absolute atomic E-state index is 0.0890. The highest BCUT2D eigenvalue weighted by atomic mass is 32.1. The first-order chi connectivity index (χ1) is 14.5. The largest absolute Gasteiger partial charge is 0.507 e. The predicted octanol–water partition coefficient (Wildman–Crippen LogP) is 3.71. The van der Waals surface area contributed by atoms with Gasteiger partial charge in [-0.05, 0) is 49.9 Å². The molecule has 1 atom stereocenters. The Morgan fingerprint density at radius 3 is 2.80 bits per heavy atom. The number of carbonyl (C=O) groups excluding carboxylic acids is 2. The summed E-state index contributed by atoms with van der Waals surface area (Å²) in [5, 5.41) is 12.9. The zero-order valence-corrected chi connectivity index (χ0v) is 17.6. The third kappa shape index (κ3) is 3.80. The van der Waals surface area contributed by atoms with E-state index in [-0.39, 0.29) is 24.2 Å². The molecule has 30 heavy (non-hydrogen) atoms. The smallest absolute Gasteiger partial charge is 0.295 e. The van der Waals surface area contributed by atoms with Gasteiger partial charge in [0.2, 0.25) is 6.79 Å². The van der Waals surface area contributed by atoms with Crippen LogP contribution >= 0.6 is 11.3 Å². The van der Waals surface area contributed by atoms with Gasteiger partial charge in [0.25, 0.3) is 11.7 Å². The first-order valence-corrected chi connectivity index (χ1v) is 10.7. The number of benzene rings is 1. The second kappa shape index (κ2) is 8.49. The van der Waals surface area contributed by atoms with E-state index in [0.717, 1.165) is 4.88 Å². The third-order valence-corrected chi connectivity index (χ3v) is 5.92. The van der Waals surface area contributed by atoms with Crippen molar-refractivity contribution < 1.29 is 28.9 Å². The zero-order valence-electron chi connectivity index (χ0n) is 16.8. The number of ether oxygens (including phenoxy) is 3. The number of thiophene rings is 1. The van der Waals surface area contributed by atoms with Crippen molar-refractivity contribution in [2.75, 3.05) is 19.9 Å². The van der Waals surface area contributed by atoms with Gasteiger partial charge in [-0.25, -0.2) is 0 Å². The SMILES string of the molecule is CC(C)OCCCN1C(=O)C(=O)/C(=C(\O)c2ccc3c(c2)OCO3)C1c1cccs1. The summed E-state index contributed by atoms with van der Waals surface area (Å²) in [6.07, 6.45) is 0.691. The highest BCUT2D eigenvalue weighted by Gasteiger charge is 2.46. The van der Waals surface area contributed by atoms with Crippen LogP contribution in [0.3, 0.4) is 0 Å². The molecule has 1 unspecified atom stereocenters. The van der Waals surface area contributed by atoms with E-state index < -0.39 is 17.7 Å². The molecule has 1 amide bonds. The molecule has 1 aromatic carbocycles. The van der Waals surface area contributed by atoms with Crippen molar-refractivity contribution >= 4 is 28.8 Å². The minimum Gasteiger partial charge on any atom is -0.507 e. The van der Waals surface area contributed by atoms with Gasteiger partial charge in [-0.3, -0.25) is 9.59 Å². The number of aliphatic hydroxyl groups is 1. The summed E-state index contributed by atoms with van der Waals surface area (Å²) in [6, 6.07) is 8.05. The molecule has 0 aliphatic carbocycles. The highest BCUT2D eigenvalue weighted by molar-refractivity contribution is 7.10. The van der Waals surface area contributed by atoms with E-state index in [1.165, 1.54) is 16.2 Å². The molecule has 1 N–H and O–H groups in total. The maximum absolute atomic E-state index is 12.9. The number of likely N-dealkylation sites (tertiary alicyclic amines) is 1. The lowest BCUT2D eigenvalue weighted by atomic mass is 9.99. The summed E-state index contributed by atoms with van der Waals surface area (Å²) in [5.74, 6) is -0.446. The quantitative estimate of drug-likeness (QED) is 0.313. The van der Waals surface area contributed by atoms with Crippen LogP contribution < -0.4 is 9.47 Å². The number of amides is 1. The molecule has 2 aromatic rings. The van der Waals surface area contributed by atoms with Crippen molar-refractivity contribution in [2.45, 2.75) is 32.4 Å². The van der Waals surface area contributed by atoms with Crippen LogP contribution in [0.4, 0.5) is 0 Å². The number of carbonyl (C=O) groups is 2. The number of fused-ring (bicyclic) bond motifs is 1. The van der Waals surface area contributed by atoms with Crippen LogP contribution in [-0.4, -0.2) is 47.7 Å². The lowest BCUT2D eigenvalue weighted by molar-refractivity contribution is -0.140. The molecule has 4 rings (SSSR count). The van der Waals surface area contributed by atoms with E-state index in [1.807, 2.05) is 31.4 Å². The van der Waals surface area contributed by atoms with Gasteiger partial charge in [0.05, 0.1) is 17.7 Å². The van der Waals surface area contributed by atoms with Gasteiger partial charge in [0.1, 0.15) is 5.76 Å². The second-order valence-corrected chi connectivity index (χ2v) is 8.33. The first-order valence-electron chi connectivity index (χ1n) is 9.81. The van der Waals surface area contributed by atoms with Crippen LogP contribution in [0, 0.1) is 0 Å². The van der Waals surface area contributed by atoms with E-state index in [9.17, 15) is 14.7 Å². The number of Topliss-reactive ketones (excluding diaryl/α,β-unsaturated/α-hetero) is 1. The third-order valence-electron chi connectivity index (χ3n) is 4.99. The molecule has 1 saturated heterocycles. The Labute approximate surface area is 178 Å². The van der Waals surface area contributed by atoms with E-state index in [2.05, 4.69) is 0 Å². The van der Waals surface area contributed by atoms with Crippen molar-refractivity contribution in [3.05, 3.63) is 51.7 Å². The van der Waals surface area contributed by atoms with E-state index in [1.54, 1.807) is 18.2 Å². The molecular weight excluding hydrogens is 406 g/mol. The fraction of sp³-hybridized carbons (Fsp3) is 0.364. The summed E-state index contributed by atoms with van der Waals surface area (Å²) >= 11 is 1.44. The van der Waals surface area contributed by atoms with Crippen LogP contribution in [0.15, 0.2) is 41.3 Å². The minimum atomic E-state index is -0.687. The first kappa shape index (κ1) is 20.4. The average Bonchev–Trinajstić information content (AvgIpc) is 3.46. The molecule has 2 aliphatic rings. The summed E-state index contributed by atoms with van der Waals surface area (Å²) in [5.41, 5.74) is 0.494. The number of hydrogen-bond donors (Lipinski definition) is 1. The molecule has 3 heterocycles. The van der Waals surface area contributed by atoms with Gasteiger partial charge in [0, 0.05) is 23.6 Å². The topological polar surface area (TPSA) is 85.3 Å². The second-order valence-electron chi connectivity index (χ2n) is 7.35. The summed E-state index contributed by atoms with van der Waals surface area (Å²) in [4.78, 5) is 28.1. The standard InChI is InChI=1S/C22H23NO6S/c1-13(2)27-9-4-8-23-19(17-5-3-10-30-17)18(21(25)22(23)26)20(24)14-6-7-15-16(11-14)29-12-28-15/h3,5-7,10-11,13,19,24H,4,8-9,12H2,1-2H3/b20-18-. The maximum atomic E-state index is 12.9. The molecular formula is C22H23NO6S. The van der Waals surface area contributed by atoms with Gasteiger partial charge in [-0.1, -0.05) is 6.07 Å². The van der Waals surface area contributed by atoms with Gasteiger partial charge >= 0.3 is 0 Å².